The Labute approximate surface area is 194 Å². The second kappa shape index (κ2) is 8.40. The molecule has 3 aromatic carbocycles. The van der Waals surface area contributed by atoms with Crippen molar-refractivity contribution < 1.29 is 10.2 Å². The SMILES string of the molecule is Cn1ccc2cc(-n3c(-c4cc(CCc5ccc(C=N)cc5)c(O)cc4O)n[nH]c3=O)ccc21. The predicted octanol–water partition coefficient (Wildman–Crippen LogP) is 3.91. The number of hydrogen-bond donors (Lipinski definition) is 4. The van der Waals surface area contributed by atoms with E-state index in [1.807, 2.05) is 66.3 Å². The number of nitrogens with zero attached hydrogens (tertiary/aromatic N) is 3. The van der Waals surface area contributed by atoms with Gasteiger partial charge >= 0.3 is 5.69 Å². The summed E-state index contributed by atoms with van der Waals surface area (Å²) in [5, 5.41) is 36.0. The van der Waals surface area contributed by atoms with E-state index in [0.717, 1.165) is 22.0 Å². The number of nitrogens with one attached hydrogen (secondary N) is 2. The van der Waals surface area contributed by atoms with Gasteiger partial charge in [-0.3, -0.25) is 0 Å². The van der Waals surface area contributed by atoms with E-state index in [-0.39, 0.29) is 17.3 Å². The average molecular weight is 454 g/mol. The van der Waals surface area contributed by atoms with E-state index < -0.39 is 5.69 Å². The number of rotatable bonds is 6. The van der Waals surface area contributed by atoms with Gasteiger partial charge in [0.15, 0.2) is 5.82 Å². The minimum Gasteiger partial charge on any atom is -0.508 e. The van der Waals surface area contributed by atoms with Crippen molar-refractivity contribution >= 4 is 17.1 Å². The van der Waals surface area contributed by atoms with Crippen LogP contribution in [0.1, 0.15) is 16.7 Å². The molecule has 0 aliphatic carbocycles. The van der Waals surface area contributed by atoms with Crippen LogP contribution in [0.5, 0.6) is 11.5 Å². The van der Waals surface area contributed by atoms with Gasteiger partial charge in [-0.15, -0.1) is 0 Å². The lowest BCUT2D eigenvalue weighted by atomic mass is 10.00. The lowest BCUT2D eigenvalue weighted by Crippen LogP contribution is -2.15. The summed E-state index contributed by atoms with van der Waals surface area (Å²) >= 11 is 0. The van der Waals surface area contributed by atoms with Crippen LogP contribution in [0, 0.1) is 5.41 Å². The summed E-state index contributed by atoms with van der Waals surface area (Å²) in [7, 11) is 1.95. The van der Waals surface area contributed by atoms with E-state index in [1.54, 1.807) is 6.07 Å². The summed E-state index contributed by atoms with van der Waals surface area (Å²) in [5.41, 5.74) is 4.09. The van der Waals surface area contributed by atoms with E-state index in [0.29, 0.717) is 29.7 Å². The fourth-order valence-corrected chi connectivity index (χ4v) is 4.19. The van der Waals surface area contributed by atoms with Crippen LogP contribution in [0.15, 0.2) is 71.7 Å². The maximum Gasteiger partial charge on any atom is 0.348 e. The Morgan fingerprint density at radius 1 is 1.00 bits per heavy atom. The van der Waals surface area contributed by atoms with Crippen LogP contribution >= 0.6 is 0 Å². The molecule has 0 atom stereocenters. The highest BCUT2D eigenvalue weighted by molar-refractivity contribution is 5.82. The van der Waals surface area contributed by atoms with E-state index in [4.69, 9.17) is 5.41 Å². The zero-order valence-corrected chi connectivity index (χ0v) is 18.5. The second-order valence-electron chi connectivity index (χ2n) is 8.24. The third-order valence-electron chi connectivity index (χ3n) is 6.07. The van der Waals surface area contributed by atoms with E-state index in [2.05, 4.69) is 10.2 Å². The standard InChI is InChI=1S/C26H23N5O3/c1-30-11-10-18-12-20(8-9-22(18)30)31-25(28-29-26(31)34)21-13-19(23(32)14-24(21)33)7-6-16-2-4-17(15-27)5-3-16/h2-5,8-15,27,32-33H,6-7H2,1H3,(H,29,34). The van der Waals surface area contributed by atoms with Crippen LogP contribution in [0.25, 0.3) is 28.0 Å². The van der Waals surface area contributed by atoms with E-state index in [1.165, 1.54) is 16.8 Å². The molecular weight excluding hydrogens is 430 g/mol. The molecule has 0 bridgehead atoms. The summed E-state index contributed by atoms with van der Waals surface area (Å²) in [4.78, 5) is 12.7. The molecule has 0 fully saturated rings. The third kappa shape index (κ3) is 3.75. The van der Waals surface area contributed by atoms with Gasteiger partial charge in [0.2, 0.25) is 0 Å². The number of hydrogen-bond acceptors (Lipinski definition) is 5. The maximum absolute atomic E-state index is 12.7. The van der Waals surface area contributed by atoms with E-state index in [9.17, 15) is 15.0 Å². The second-order valence-corrected chi connectivity index (χ2v) is 8.24. The first-order valence-corrected chi connectivity index (χ1v) is 10.8. The number of phenols is 2. The number of H-pyrrole nitrogens is 1. The highest BCUT2D eigenvalue weighted by Gasteiger charge is 2.19. The van der Waals surface area contributed by atoms with Gasteiger partial charge in [-0.25, -0.2) is 14.5 Å². The van der Waals surface area contributed by atoms with Crippen LogP contribution in [0.2, 0.25) is 0 Å². The first kappa shape index (κ1) is 21.3. The van der Waals surface area contributed by atoms with Crippen molar-refractivity contribution in [3.8, 4) is 28.6 Å². The van der Waals surface area contributed by atoms with Crippen molar-refractivity contribution in [1.29, 1.82) is 5.41 Å². The molecule has 0 aliphatic heterocycles. The molecule has 0 unspecified atom stereocenters. The lowest BCUT2D eigenvalue weighted by Gasteiger charge is -2.12. The van der Waals surface area contributed by atoms with Crippen LogP contribution in [-0.4, -0.2) is 35.8 Å². The number of aromatic hydroxyl groups is 2. The lowest BCUT2D eigenvalue weighted by molar-refractivity contribution is 0.446. The first-order valence-electron chi connectivity index (χ1n) is 10.8. The van der Waals surface area contributed by atoms with Crippen LogP contribution < -0.4 is 5.69 Å². The van der Waals surface area contributed by atoms with Gasteiger partial charge in [-0.1, -0.05) is 24.3 Å². The molecule has 4 N–H and O–H groups in total. The molecule has 8 nitrogen and oxygen atoms in total. The van der Waals surface area contributed by atoms with Gasteiger partial charge in [0.25, 0.3) is 0 Å². The van der Waals surface area contributed by atoms with Crippen LogP contribution in [0.3, 0.4) is 0 Å². The minimum absolute atomic E-state index is 0.0208. The molecule has 0 saturated carbocycles. The Bertz CT molecular complexity index is 1570. The molecule has 2 aromatic heterocycles. The van der Waals surface area contributed by atoms with Gasteiger partial charge < -0.3 is 20.2 Å². The van der Waals surface area contributed by atoms with Gasteiger partial charge in [0, 0.05) is 36.4 Å². The molecule has 0 radical (unpaired) electrons. The quantitative estimate of drug-likeness (QED) is 0.291. The molecule has 0 amide bonds. The van der Waals surface area contributed by atoms with E-state index >= 15 is 0 Å². The van der Waals surface area contributed by atoms with Crippen molar-refractivity contribution in [1.82, 2.24) is 19.3 Å². The van der Waals surface area contributed by atoms with Crippen LogP contribution in [-0.2, 0) is 19.9 Å². The number of phenolic OH excluding ortho intramolecular Hbond substituents is 2. The Kier molecular flexibility index (Phi) is 5.25. The number of aryl methyl sites for hydroxylation is 3. The summed E-state index contributed by atoms with van der Waals surface area (Å²) in [6, 6.07) is 18.2. The molecule has 0 aliphatic rings. The fraction of sp³-hybridized carbons (Fsp3) is 0.115. The fourth-order valence-electron chi connectivity index (χ4n) is 4.19. The minimum atomic E-state index is -0.425. The normalized spacial score (nSPS) is 11.2. The Balaban J connectivity index is 1.52. The van der Waals surface area contributed by atoms with Gasteiger partial charge in [0.05, 0.1) is 11.3 Å². The maximum atomic E-state index is 12.7. The van der Waals surface area contributed by atoms with Crippen molar-refractivity contribution in [3.63, 3.8) is 0 Å². The van der Waals surface area contributed by atoms with Crippen molar-refractivity contribution in [2.45, 2.75) is 12.8 Å². The topological polar surface area (TPSA) is 120 Å². The van der Waals surface area contributed by atoms with Gasteiger partial charge in [-0.2, -0.15) is 5.10 Å². The molecule has 34 heavy (non-hydrogen) atoms. The van der Waals surface area contributed by atoms with Gasteiger partial charge in [-0.05, 0) is 59.9 Å². The Hall–Kier alpha value is -4.59. The molecule has 5 rings (SSSR count). The number of benzene rings is 3. The third-order valence-corrected chi connectivity index (χ3v) is 6.07. The molecule has 5 aromatic rings. The summed E-state index contributed by atoms with van der Waals surface area (Å²) in [6.45, 7) is 0. The van der Waals surface area contributed by atoms with Gasteiger partial charge in [0.1, 0.15) is 11.5 Å². The first-order chi connectivity index (χ1) is 16.4. The molecule has 8 heteroatoms. The molecular formula is C26H23N5O3. The summed E-state index contributed by atoms with van der Waals surface area (Å²) < 4.78 is 3.41. The Morgan fingerprint density at radius 2 is 1.79 bits per heavy atom. The summed E-state index contributed by atoms with van der Waals surface area (Å²) in [6.07, 6.45) is 4.42. The zero-order valence-electron chi connectivity index (χ0n) is 18.5. The number of aromatic nitrogens is 4. The van der Waals surface area contributed by atoms with Crippen molar-refractivity contribution in [2.75, 3.05) is 0 Å². The smallest absolute Gasteiger partial charge is 0.348 e. The van der Waals surface area contributed by atoms with Crippen molar-refractivity contribution in [3.05, 3.63) is 94.0 Å². The molecule has 170 valence electrons. The molecule has 0 saturated heterocycles. The largest absolute Gasteiger partial charge is 0.508 e. The zero-order chi connectivity index (χ0) is 23.8. The highest BCUT2D eigenvalue weighted by Crippen LogP contribution is 2.35. The number of fused-ring (bicyclic) bond motifs is 1. The predicted molar refractivity (Wildman–Crippen MR) is 131 cm³/mol. The van der Waals surface area contributed by atoms with Crippen molar-refractivity contribution in [2.24, 2.45) is 7.05 Å². The van der Waals surface area contributed by atoms with Crippen LogP contribution in [0.4, 0.5) is 0 Å². The monoisotopic (exact) mass is 453 g/mol. The highest BCUT2D eigenvalue weighted by atomic mass is 16.3. The average Bonchev–Trinajstić information content (AvgIpc) is 3.41. The summed E-state index contributed by atoms with van der Waals surface area (Å²) in [5.74, 6) is 0.0690. The molecule has 2 heterocycles. The number of aromatic amines is 1. The Morgan fingerprint density at radius 3 is 2.56 bits per heavy atom. The molecule has 0 spiro atoms.